The predicted molar refractivity (Wildman–Crippen MR) is 56.0 cm³/mol. The zero-order chi connectivity index (χ0) is 10.8. The van der Waals surface area contributed by atoms with Gasteiger partial charge in [0.1, 0.15) is 5.76 Å². The summed E-state index contributed by atoms with van der Waals surface area (Å²) in [4.78, 5) is 11.8. The standard InChI is InChI=1S/C12H18O3/c1-2-4-8-7-11(14)15-10-6-3-5-9(13)12(8)10/h8,11,14H,2-7H2,1H3/t8-,11?/m1/s1. The molecule has 15 heavy (non-hydrogen) atoms. The molecular weight excluding hydrogens is 192 g/mol. The monoisotopic (exact) mass is 210 g/mol. The topological polar surface area (TPSA) is 46.5 Å². The second-order valence-corrected chi connectivity index (χ2v) is 4.41. The van der Waals surface area contributed by atoms with Gasteiger partial charge >= 0.3 is 0 Å². The lowest BCUT2D eigenvalue weighted by Crippen LogP contribution is -2.31. The second kappa shape index (κ2) is 4.35. The summed E-state index contributed by atoms with van der Waals surface area (Å²) in [6.45, 7) is 2.11. The highest BCUT2D eigenvalue weighted by atomic mass is 16.6. The number of hydrogen-bond donors (Lipinski definition) is 1. The van der Waals surface area contributed by atoms with E-state index in [4.69, 9.17) is 4.74 Å². The summed E-state index contributed by atoms with van der Waals surface area (Å²) in [5, 5.41) is 9.56. The number of aliphatic hydroxyl groups is 1. The van der Waals surface area contributed by atoms with E-state index in [2.05, 4.69) is 6.92 Å². The smallest absolute Gasteiger partial charge is 0.197 e. The Labute approximate surface area is 90.1 Å². The predicted octanol–water partition coefficient (Wildman–Crippen LogP) is 2.15. The van der Waals surface area contributed by atoms with Crippen LogP contribution < -0.4 is 0 Å². The van der Waals surface area contributed by atoms with Gasteiger partial charge in [0.15, 0.2) is 12.1 Å². The summed E-state index contributed by atoms with van der Waals surface area (Å²) in [5.41, 5.74) is 0.883. The van der Waals surface area contributed by atoms with E-state index in [1.165, 1.54) is 0 Å². The SMILES string of the molecule is CCC[C@@H]1CC(O)OC2=C1C(=O)CCC2. The van der Waals surface area contributed by atoms with E-state index in [1.807, 2.05) is 0 Å². The Morgan fingerprint density at radius 3 is 3.00 bits per heavy atom. The molecule has 2 rings (SSSR count). The van der Waals surface area contributed by atoms with Crippen molar-refractivity contribution in [3.8, 4) is 0 Å². The Balaban J connectivity index is 2.26. The van der Waals surface area contributed by atoms with Gasteiger partial charge in [0.05, 0.1) is 0 Å². The van der Waals surface area contributed by atoms with E-state index in [0.29, 0.717) is 12.8 Å². The first-order valence-electron chi connectivity index (χ1n) is 5.83. The second-order valence-electron chi connectivity index (χ2n) is 4.41. The molecule has 0 fully saturated rings. The van der Waals surface area contributed by atoms with Crippen LogP contribution in [0.1, 0.15) is 45.4 Å². The molecule has 0 radical (unpaired) electrons. The lowest BCUT2D eigenvalue weighted by molar-refractivity contribution is -0.123. The summed E-state index contributed by atoms with van der Waals surface area (Å²) in [5.74, 6) is 1.23. The van der Waals surface area contributed by atoms with E-state index in [-0.39, 0.29) is 11.7 Å². The van der Waals surface area contributed by atoms with Gasteiger partial charge in [0.2, 0.25) is 0 Å². The fourth-order valence-electron chi connectivity index (χ4n) is 2.60. The van der Waals surface area contributed by atoms with Crippen LogP contribution in [0.15, 0.2) is 11.3 Å². The summed E-state index contributed by atoms with van der Waals surface area (Å²) < 4.78 is 5.35. The van der Waals surface area contributed by atoms with Crippen LogP contribution >= 0.6 is 0 Å². The first-order valence-corrected chi connectivity index (χ1v) is 5.83. The highest BCUT2D eigenvalue weighted by Gasteiger charge is 2.34. The molecule has 2 atom stereocenters. The summed E-state index contributed by atoms with van der Waals surface area (Å²) >= 11 is 0. The van der Waals surface area contributed by atoms with Gasteiger partial charge < -0.3 is 9.84 Å². The minimum absolute atomic E-state index is 0.224. The normalized spacial score (nSPS) is 31.2. The van der Waals surface area contributed by atoms with E-state index >= 15 is 0 Å². The maximum atomic E-state index is 11.8. The molecule has 0 aromatic carbocycles. The molecule has 0 amide bonds. The van der Waals surface area contributed by atoms with E-state index in [1.54, 1.807) is 0 Å². The Bertz CT molecular complexity index is 293. The van der Waals surface area contributed by atoms with Gasteiger partial charge in [-0.1, -0.05) is 13.3 Å². The maximum Gasteiger partial charge on any atom is 0.197 e. The van der Waals surface area contributed by atoms with Crippen molar-refractivity contribution in [3.05, 3.63) is 11.3 Å². The molecule has 0 spiro atoms. The van der Waals surface area contributed by atoms with E-state index < -0.39 is 6.29 Å². The zero-order valence-corrected chi connectivity index (χ0v) is 9.16. The summed E-state index contributed by atoms with van der Waals surface area (Å²) in [6, 6.07) is 0. The molecule has 1 aliphatic carbocycles. The molecule has 3 nitrogen and oxygen atoms in total. The Morgan fingerprint density at radius 1 is 1.47 bits per heavy atom. The van der Waals surface area contributed by atoms with Crippen molar-refractivity contribution >= 4 is 5.78 Å². The number of rotatable bonds is 2. The molecule has 3 heteroatoms. The van der Waals surface area contributed by atoms with Gasteiger partial charge in [-0.15, -0.1) is 0 Å². The molecular formula is C12H18O3. The Morgan fingerprint density at radius 2 is 2.27 bits per heavy atom. The van der Waals surface area contributed by atoms with Crippen LogP contribution in [0, 0.1) is 5.92 Å². The lowest BCUT2D eigenvalue weighted by Gasteiger charge is -2.33. The highest BCUT2D eigenvalue weighted by molar-refractivity contribution is 5.97. The van der Waals surface area contributed by atoms with Gasteiger partial charge in [-0.2, -0.15) is 0 Å². The molecule has 1 N–H and O–H groups in total. The van der Waals surface area contributed by atoms with Crippen molar-refractivity contribution in [2.75, 3.05) is 0 Å². The maximum absolute atomic E-state index is 11.8. The van der Waals surface area contributed by atoms with Gasteiger partial charge in [0.25, 0.3) is 0 Å². The van der Waals surface area contributed by atoms with Crippen LogP contribution in [-0.2, 0) is 9.53 Å². The summed E-state index contributed by atoms with van der Waals surface area (Å²) in [7, 11) is 0. The van der Waals surface area contributed by atoms with Gasteiger partial charge in [-0.3, -0.25) is 4.79 Å². The van der Waals surface area contributed by atoms with Crippen LogP contribution in [0.4, 0.5) is 0 Å². The molecule has 1 heterocycles. The first kappa shape index (κ1) is 10.7. The summed E-state index contributed by atoms with van der Waals surface area (Å²) in [6.07, 6.45) is 4.23. The van der Waals surface area contributed by atoms with Gasteiger partial charge in [-0.25, -0.2) is 0 Å². The molecule has 0 saturated heterocycles. The molecule has 0 aromatic heterocycles. The van der Waals surface area contributed by atoms with Crippen molar-refractivity contribution in [2.45, 2.75) is 51.7 Å². The van der Waals surface area contributed by atoms with Crippen LogP contribution in [0.5, 0.6) is 0 Å². The number of ether oxygens (including phenoxy) is 1. The third-order valence-electron chi connectivity index (χ3n) is 3.22. The van der Waals surface area contributed by atoms with Crippen molar-refractivity contribution in [1.29, 1.82) is 0 Å². The minimum Gasteiger partial charge on any atom is -0.469 e. The Hall–Kier alpha value is -0.830. The van der Waals surface area contributed by atoms with E-state index in [0.717, 1.165) is 37.0 Å². The molecule has 0 bridgehead atoms. The fourth-order valence-corrected chi connectivity index (χ4v) is 2.60. The third-order valence-corrected chi connectivity index (χ3v) is 3.22. The largest absolute Gasteiger partial charge is 0.469 e. The quantitative estimate of drug-likeness (QED) is 0.759. The number of ketones is 1. The fraction of sp³-hybridized carbons (Fsp3) is 0.750. The lowest BCUT2D eigenvalue weighted by atomic mass is 9.81. The van der Waals surface area contributed by atoms with Crippen LogP contribution in [-0.4, -0.2) is 17.2 Å². The number of Topliss-reactive ketones (excluding diaryl/α,β-unsaturated/α-hetero) is 1. The zero-order valence-electron chi connectivity index (χ0n) is 9.16. The van der Waals surface area contributed by atoms with Crippen LogP contribution in [0.2, 0.25) is 0 Å². The highest BCUT2D eigenvalue weighted by Crippen LogP contribution is 2.37. The molecule has 2 aliphatic rings. The first-order chi connectivity index (χ1) is 7.22. The van der Waals surface area contributed by atoms with Crippen molar-refractivity contribution < 1.29 is 14.6 Å². The number of hydrogen-bond acceptors (Lipinski definition) is 3. The molecule has 1 aliphatic heterocycles. The average molecular weight is 210 g/mol. The molecule has 84 valence electrons. The van der Waals surface area contributed by atoms with Crippen molar-refractivity contribution in [2.24, 2.45) is 5.92 Å². The van der Waals surface area contributed by atoms with Crippen molar-refractivity contribution in [1.82, 2.24) is 0 Å². The number of carbonyl (C=O) groups is 1. The number of carbonyl (C=O) groups excluding carboxylic acids is 1. The van der Waals surface area contributed by atoms with Gasteiger partial charge in [0, 0.05) is 24.8 Å². The van der Waals surface area contributed by atoms with Crippen molar-refractivity contribution in [3.63, 3.8) is 0 Å². The number of allylic oxidation sites excluding steroid dienone is 2. The number of aliphatic hydroxyl groups excluding tert-OH is 1. The Kier molecular flexibility index (Phi) is 3.10. The van der Waals surface area contributed by atoms with Gasteiger partial charge in [-0.05, 0) is 18.8 Å². The van der Waals surface area contributed by atoms with Crippen LogP contribution in [0.3, 0.4) is 0 Å². The van der Waals surface area contributed by atoms with E-state index in [9.17, 15) is 9.90 Å². The average Bonchev–Trinajstić information content (AvgIpc) is 2.17. The molecule has 0 saturated carbocycles. The molecule has 1 unspecified atom stereocenters. The minimum atomic E-state index is -0.703. The van der Waals surface area contributed by atoms with Crippen LogP contribution in [0.25, 0.3) is 0 Å². The molecule has 0 aromatic rings. The third kappa shape index (κ3) is 2.07.